The quantitative estimate of drug-likeness (QED) is 0.401. The molecule has 0 atom stereocenters. The zero-order valence-electron chi connectivity index (χ0n) is 19.1. The van der Waals surface area contributed by atoms with Gasteiger partial charge in [-0.05, 0) is 80.6 Å². The molecule has 4 rings (SSSR count). The highest BCUT2D eigenvalue weighted by molar-refractivity contribution is 6.02. The second-order valence-corrected chi connectivity index (χ2v) is 8.76. The third-order valence-corrected chi connectivity index (χ3v) is 6.32. The minimum Gasteiger partial charge on any atom is -0.507 e. The van der Waals surface area contributed by atoms with Crippen LogP contribution in [0.2, 0.25) is 0 Å². The number of nitrogens with zero attached hydrogens (tertiary/aromatic N) is 2. The largest absolute Gasteiger partial charge is 0.507 e. The molecule has 5 nitrogen and oxygen atoms in total. The Labute approximate surface area is 195 Å². The Hall–Kier alpha value is -3.44. The highest BCUT2D eigenvalue weighted by atomic mass is 16.3. The zero-order chi connectivity index (χ0) is 23.0. The fourth-order valence-corrected chi connectivity index (χ4v) is 4.35. The molecule has 3 aromatic carbocycles. The predicted octanol–water partition coefficient (Wildman–Crippen LogP) is 5.00. The lowest BCUT2D eigenvalue weighted by molar-refractivity contribution is 0.0954. The number of rotatable bonds is 7. The topological polar surface area (TPSA) is 64.9 Å². The first-order valence-electron chi connectivity index (χ1n) is 11.6. The fraction of sp³-hybridized carbons (Fsp3) is 0.286. The van der Waals surface area contributed by atoms with Crippen molar-refractivity contribution in [1.82, 2.24) is 10.3 Å². The van der Waals surface area contributed by atoms with Crippen LogP contribution in [-0.2, 0) is 13.0 Å². The number of hydrogen-bond acceptors (Lipinski definition) is 4. The lowest BCUT2D eigenvalue weighted by Crippen LogP contribution is -2.33. The number of carbonyl (C=O) groups excluding carboxylic acids is 1. The van der Waals surface area contributed by atoms with E-state index in [1.54, 1.807) is 25.1 Å². The summed E-state index contributed by atoms with van der Waals surface area (Å²) in [4.78, 5) is 15.0. The normalized spacial score (nSPS) is 15.4. The molecular weight excluding hydrogens is 410 g/mol. The highest BCUT2D eigenvalue weighted by Gasteiger charge is 2.19. The second-order valence-electron chi connectivity index (χ2n) is 8.76. The molecule has 2 N–H and O–H groups in total. The van der Waals surface area contributed by atoms with E-state index in [9.17, 15) is 9.90 Å². The summed E-state index contributed by atoms with van der Waals surface area (Å²) in [5, 5.41) is 14.0. The van der Waals surface area contributed by atoms with Gasteiger partial charge in [-0.3, -0.25) is 9.69 Å². The van der Waals surface area contributed by atoms with Crippen molar-refractivity contribution in [3.8, 4) is 5.75 Å². The molecule has 0 aromatic heterocycles. The lowest BCUT2D eigenvalue weighted by Gasteiger charge is -2.32. The Morgan fingerprint density at radius 1 is 0.939 bits per heavy atom. The molecule has 0 unspecified atom stereocenters. The maximum atomic E-state index is 12.5. The Morgan fingerprint density at radius 3 is 2.30 bits per heavy atom. The molecular formula is C28H31N3O2. The SMILES string of the molecule is C/C(=N/NC(=O)c1ccc(CN2CCC(Cc3ccccc3)CC2)cc1)c1ccccc1O. The average molecular weight is 442 g/mol. The summed E-state index contributed by atoms with van der Waals surface area (Å²) in [5.41, 5.74) is 6.93. The molecule has 0 aliphatic carbocycles. The van der Waals surface area contributed by atoms with E-state index in [2.05, 4.69) is 45.8 Å². The number of hydrazone groups is 1. The van der Waals surface area contributed by atoms with Crippen LogP contribution in [0.15, 0.2) is 84.0 Å². The van der Waals surface area contributed by atoms with Gasteiger partial charge in [-0.25, -0.2) is 5.43 Å². The van der Waals surface area contributed by atoms with Crippen LogP contribution in [0.4, 0.5) is 0 Å². The zero-order valence-corrected chi connectivity index (χ0v) is 19.1. The van der Waals surface area contributed by atoms with E-state index in [1.807, 2.05) is 30.3 Å². The van der Waals surface area contributed by atoms with E-state index >= 15 is 0 Å². The van der Waals surface area contributed by atoms with Crippen LogP contribution in [0.1, 0.15) is 46.8 Å². The molecule has 1 amide bonds. The third-order valence-electron chi connectivity index (χ3n) is 6.32. The number of aromatic hydroxyl groups is 1. The van der Waals surface area contributed by atoms with Crippen molar-refractivity contribution in [2.45, 2.75) is 32.7 Å². The minimum absolute atomic E-state index is 0.140. The van der Waals surface area contributed by atoms with E-state index in [4.69, 9.17) is 0 Å². The van der Waals surface area contributed by atoms with Gasteiger partial charge < -0.3 is 5.11 Å². The van der Waals surface area contributed by atoms with Gasteiger partial charge in [-0.1, -0.05) is 54.6 Å². The van der Waals surface area contributed by atoms with Crippen LogP contribution in [-0.4, -0.2) is 34.7 Å². The first-order chi connectivity index (χ1) is 16.1. The number of nitrogens with one attached hydrogen (secondary N) is 1. The van der Waals surface area contributed by atoms with Gasteiger partial charge >= 0.3 is 0 Å². The Bertz CT molecular complexity index is 1090. The molecule has 3 aromatic rings. The molecule has 1 aliphatic rings. The summed E-state index contributed by atoms with van der Waals surface area (Å²) in [5.74, 6) is 0.635. The first kappa shape index (κ1) is 22.7. The summed E-state index contributed by atoms with van der Waals surface area (Å²) in [6.07, 6.45) is 3.62. The van der Waals surface area contributed by atoms with Gasteiger partial charge in [0.05, 0.1) is 5.71 Å². The Morgan fingerprint density at radius 2 is 1.61 bits per heavy atom. The molecule has 5 heteroatoms. The smallest absolute Gasteiger partial charge is 0.271 e. The molecule has 0 spiro atoms. The molecule has 170 valence electrons. The molecule has 33 heavy (non-hydrogen) atoms. The summed E-state index contributed by atoms with van der Waals surface area (Å²) in [6, 6.07) is 25.4. The van der Waals surface area contributed by atoms with Crippen LogP contribution < -0.4 is 5.43 Å². The van der Waals surface area contributed by atoms with Crippen LogP contribution in [0.25, 0.3) is 0 Å². The molecule has 1 heterocycles. The first-order valence-corrected chi connectivity index (χ1v) is 11.6. The predicted molar refractivity (Wildman–Crippen MR) is 132 cm³/mol. The van der Waals surface area contributed by atoms with Gasteiger partial charge in [0.15, 0.2) is 0 Å². The molecule has 0 bridgehead atoms. The van der Waals surface area contributed by atoms with E-state index in [1.165, 1.54) is 30.4 Å². The Balaban J connectivity index is 1.26. The minimum atomic E-state index is -0.266. The number of phenols is 1. The van der Waals surface area contributed by atoms with Gasteiger partial charge in [0.2, 0.25) is 0 Å². The number of phenolic OH excluding ortho intramolecular Hbond substituents is 1. The van der Waals surface area contributed by atoms with Crippen molar-refractivity contribution in [2.24, 2.45) is 11.0 Å². The molecule has 1 fully saturated rings. The highest BCUT2D eigenvalue weighted by Crippen LogP contribution is 2.23. The fourth-order valence-electron chi connectivity index (χ4n) is 4.35. The van der Waals surface area contributed by atoms with Gasteiger partial charge in [-0.2, -0.15) is 5.10 Å². The maximum absolute atomic E-state index is 12.5. The summed E-state index contributed by atoms with van der Waals surface area (Å²) >= 11 is 0. The number of hydrogen-bond donors (Lipinski definition) is 2. The second kappa shape index (κ2) is 10.9. The van der Waals surface area contributed by atoms with E-state index in [0.717, 1.165) is 25.6 Å². The number of carbonyl (C=O) groups is 1. The van der Waals surface area contributed by atoms with Gasteiger partial charge in [0.25, 0.3) is 5.91 Å². The summed E-state index contributed by atoms with van der Waals surface area (Å²) in [7, 11) is 0. The number of benzene rings is 3. The summed E-state index contributed by atoms with van der Waals surface area (Å²) < 4.78 is 0. The Kier molecular flexibility index (Phi) is 7.53. The van der Waals surface area contributed by atoms with E-state index < -0.39 is 0 Å². The standard InChI is InChI=1S/C28H31N3O2/c1-21(26-9-5-6-10-27(26)32)29-30-28(33)25-13-11-24(12-14-25)20-31-17-15-23(16-18-31)19-22-7-3-2-4-8-22/h2-14,23,32H,15-20H2,1H3,(H,30,33)/b29-21-. The maximum Gasteiger partial charge on any atom is 0.271 e. The van der Waals surface area contributed by atoms with Crippen molar-refractivity contribution in [3.63, 3.8) is 0 Å². The summed E-state index contributed by atoms with van der Waals surface area (Å²) in [6.45, 7) is 4.88. The van der Waals surface area contributed by atoms with Gasteiger partial charge in [0.1, 0.15) is 5.75 Å². The van der Waals surface area contributed by atoms with Crippen LogP contribution >= 0.6 is 0 Å². The van der Waals surface area contributed by atoms with Crippen molar-refractivity contribution in [3.05, 3.63) is 101 Å². The van der Waals surface area contributed by atoms with Crippen molar-refractivity contribution >= 4 is 11.6 Å². The number of likely N-dealkylation sites (tertiary alicyclic amines) is 1. The lowest BCUT2D eigenvalue weighted by atomic mass is 9.90. The average Bonchev–Trinajstić information content (AvgIpc) is 2.85. The molecule has 0 saturated carbocycles. The van der Waals surface area contributed by atoms with Crippen molar-refractivity contribution < 1.29 is 9.90 Å². The molecule has 1 aliphatic heterocycles. The van der Waals surface area contributed by atoms with E-state index in [-0.39, 0.29) is 11.7 Å². The van der Waals surface area contributed by atoms with Crippen LogP contribution in [0, 0.1) is 5.92 Å². The molecule has 1 saturated heterocycles. The third kappa shape index (κ3) is 6.30. The number of piperidine rings is 1. The van der Waals surface area contributed by atoms with Crippen molar-refractivity contribution in [2.75, 3.05) is 13.1 Å². The van der Waals surface area contributed by atoms with Crippen molar-refractivity contribution in [1.29, 1.82) is 0 Å². The number of amides is 1. The monoisotopic (exact) mass is 441 g/mol. The van der Waals surface area contributed by atoms with Gasteiger partial charge in [-0.15, -0.1) is 0 Å². The molecule has 0 radical (unpaired) electrons. The van der Waals surface area contributed by atoms with Crippen LogP contribution in [0.3, 0.4) is 0 Å². The van der Waals surface area contributed by atoms with E-state index in [0.29, 0.717) is 16.8 Å². The van der Waals surface area contributed by atoms with Crippen LogP contribution in [0.5, 0.6) is 5.75 Å². The number of para-hydroxylation sites is 1. The van der Waals surface area contributed by atoms with Gasteiger partial charge in [0, 0.05) is 17.7 Å².